The molecule has 1 aromatic rings. The van der Waals surface area contributed by atoms with Crippen LogP contribution < -0.4 is 4.74 Å². The minimum absolute atomic E-state index is 0.158. The van der Waals surface area contributed by atoms with Gasteiger partial charge < -0.3 is 4.74 Å². The molecule has 0 aromatic heterocycles. The maximum Gasteiger partial charge on any atom is 0.458 e. The van der Waals surface area contributed by atoms with Crippen LogP contribution in [0.5, 0.6) is 5.75 Å². The van der Waals surface area contributed by atoms with E-state index in [0.29, 0.717) is 18.1 Å². The second kappa shape index (κ2) is 9.73. The van der Waals surface area contributed by atoms with Crippen LogP contribution in [0.4, 0.5) is 30.7 Å². The predicted molar refractivity (Wildman–Crippen MR) is 94.5 cm³/mol. The second-order valence-electron chi connectivity index (χ2n) is 7.46. The average Bonchev–Trinajstić information content (AvgIpc) is 2.59. The summed E-state index contributed by atoms with van der Waals surface area (Å²) in [6, 6.07) is 0.820. The van der Waals surface area contributed by atoms with Crippen LogP contribution in [0, 0.1) is 35.3 Å². The molecule has 0 amide bonds. The van der Waals surface area contributed by atoms with Gasteiger partial charge in [-0.05, 0) is 18.3 Å². The summed E-state index contributed by atoms with van der Waals surface area (Å²) >= 11 is 0. The second-order valence-corrected chi connectivity index (χ2v) is 7.46. The maximum atomic E-state index is 14.1. The van der Waals surface area contributed by atoms with Crippen LogP contribution in [0.15, 0.2) is 12.1 Å². The van der Waals surface area contributed by atoms with Crippen LogP contribution in [-0.2, 0) is 0 Å². The van der Waals surface area contributed by atoms with Crippen LogP contribution in [0.3, 0.4) is 0 Å². The largest absolute Gasteiger partial charge is 0.458 e. The zero-order chi connectivity index (χ0) is 21.7. The lowest BCUT2D eigenvalue weighted by atomic mass is 9.78. The molecule has 0 bridgehead atoms. The van der Waals surface area contributed by atoms with Gasteiger partial charge in [-0.15, -0.1) is 0 Å². The van der Waals surface area contributed by atoms with Gasteiger partial charge in [0.05, 0.1) is 12.0 Å². The molecule has 1 fully saturated rings. The Hall–Kier alpha value is -1.91. The molecule has 0 heterocycles. The molecule has 1 nitrogen and oxygen atoms in total. The Morgan fingerprint density at radius 1 is 0.931 bits per heavy atom. The molecule has 0 unspecified atom stereocenters. The lowest BCUT2D eigenvalue weighted by Crippen LogP contribution is -2.26. The molecule has 0 N–H and O–H groups in total. The normalized spacial score (nSPS) is 20.1. The van der Waals surface area contributed by atoms with Crippen molar-refractivity contribution in [2.75, 3.05) is 0 Å². The Balaban J connectivity index is 1.95. The third-order valence-corrected chi connectivity index (χ3v) is 5.12. The highest BCUT2D eigenvalue weighted by atomic mass is 19.4. The summed E-state index contributed by atoms with van der Waals surface area (Å²) in [6.07, 6.45) is -2.92. The average molecular weight is 424 g/mol. The minimum Gasteiger partial charge on any atom is -0.432 e. The van der Waals surface area contributed by atoms with Crippen molar-refractivity contribution in [1.29, 1.82) is 0 Å². The molecule has 0 radical (unpaired) electrons. The van der Waals surface area contributed by atoms with Crippen molar-refractivity contribution in [3.8, 4) is 17.6 Å². The molecule has 162 valence electrons. The lowest BCUT2D eigenvalue weighted by molar-refractivity contribution is -0.183. The quantitative estimate of drug-likeness (QED) is 0.331. The van der Waals surface area contributed by atoms with Gasteiger partial charge in [-0.25, -0.2) is 8.78 Å². The number of halogens is 7. The first-order valence-electron chi connectivity index (χ1n) is 9.65. The fourth-order valence-corrected chi connectivity index (χ4v) is 3.67. The molecule has 1 aliphatic carbocycles. The summed E-state index contributed by atoms with van der Waals surface area (Å²) in [5.74, 6) is -0.925. The molecule has 0 aliphatic heterocycles. The fourth-order valence-electron chi connectivity index (χ4n) is 3.67. The Morgan fingerprint density at radius 2 is 1.45 bits per heavy atom. The molecule has 0 spiro atoms. The lowest BCUT2D eigenvalue weighted by Gasteiger charge is -2.29. The van der Waals surface area contributed by atoms with Gasteiger partial charge in [0, 0.05) is 18.1 Å². The number of hydrogen-bond donors (Lipinski definition) is 0. The van der Waals surface area contributed by atoms with Gasteiger partial charge in [-0.3, -0.25) is 0 Å². The first kappa shape index (κ1) is 23.4. The van der Waals surface area contributed by atoms with E-state index in [-0.39, 0.29) is 12.3 Å². The van der Waals surface area contributed by atoms with Crippen LogP contribution in [0.2, 0.25) is 0 Å². The van der Waals surface area contributed by atoms with Gasteiger partial charge in [0.1, 0.15) is 17.4 Å². The SMILES string of the molecule is CCCC1CCC(CCC(F)(F)Oc2cc(F)c(C#CC(F)(F)F)c(F)c2)CC1. The van der Waals surface area contributed by atoms with Crippen molar-refractivity contribution in [1.82, 2.24) is 0 Å². The monoisotopic (exact) mass is 424 g/mol. The summed E-state index contributed by atoms with van der Waals surface area (Å²) in [4.78, 5) is 0. The topological polar surface area (TPSA) is 9.23 Å². The first-order chi connectivity index (χ1) is 13.5. The van der Waals surface area contributed by atoms with E-state index >= 15 is 0 Å². The van der Waals surface area contributed by atoms with Crippen molar-refractivity contribution in [3.05, 3.63) is 29.3 Å². The molecular formula is C21H23F7O. The Labute approximate surface area is 165 Å². The Kier molecular flexibility index (Phi) is 7.84. The number of hydrogen-bond acceptors (Lipinski definition) is 1. The van der Waals surface area contributed by atoms with E-state index in [9.17, 15) is 30.7 Å². The minimum atomic E-state index is -4.93. The van der Waals surface area contributed by atoms with Crippen LogP contribution in [0.25, 0.3) is 0 Å². The molecular weight excluding hydrogens is 401 g/mol. The molecule has 0 atom stereocenters. The summed E-state index contributed by atoms with van der Waals surface area (Å²) in [5, 5.41) is 0. The van der Waals surface area contributed by atoms with Gasteiger partial charge in [-0.1, -0.05) is 51.4 Å². The fraction of sp³-hybridized carbons (Fsp3) is 0.619. The maximum absolute atomic E-state index is 14.1. The van der Waals surface area contributed by atoms with Gasteiger partial charge in [-0.2, -0.15) is 22.0 Å². The van der Waals surface area contributed by atoms with E-state index in [2.05, 4.69) is 11.7 Å². The third kappa shape index (κ3) is 7.79. The molecule has 1 saturated carbocycles. The first-order valence-corrected chi connectivity index (χ1v) is 9.65. The predicted octanol–water partition coefficient (Wildman–Crippen LogP) is 7.24. The molecule has 29 heavy (non-hydrogen) atoms. The van der Waals surface area contributed by atoms with Crippen LogP contribution in [0.1, 0.15) is 63.9 Å². The van der Waals surface area contributed by atoms with Crippen LogP contribution >= 0.6 is 0 Å². The molecule has 2 rings (SSSR count). The van der Waals surface area contributed by atoms with E-state index in [4.69, 9.17) is 0 Å². The third-order valence-electron chi connectivity index (χ3n) is 5.12. The summed E-state index contributed by atoms with van der Waals surface area (Å²) in [7, 11) is 0. The van der Waals surface area contributed by atoms with Crippen molar-refractivity contribution in [2.45, 2.75) is 70.6 Å². The molecule has 8 heteroatoms. The highest BCUT2D eigenvalue weighted by molar-refractivity contribution is 5.41. The number of benzene rings is 1. The van der Waals surface area contributed by atoms with Crippen LogP contribution in [-0.4, -0.2) is 12.3 Å². The van der Waals surface area contributed by atoms with Crippen molar-refractivity contribution in [3.63, 3.8) is 0 Å². The summed E-state index contributed by atoms with van der Waals surface area (Å²) < 4.78 is 96.4. The van der Waals surface area contributed by atoms with Gasteiger partial charge in [0.2, 0.25) is 0 Å². The van der Waals surface area contributed by atoms with E-state index in [1.165, 1.54) is 5.92 Å². The summed E-state index contributed by atoms with van der Waals surface area (Å²) in [5.41, 5.74) is -1.15. The van der Waals surface area contributed by atoms with E-state index in [0.717, 1.165) is 44.4 Å². The number of alkyl halides is 5. The zero-order valence-corrected chi connectivity index (χ0v) is 16.0. The van der Waals surface area contributed by atoms with Gasteiger partial charge in [0.25, 0.3) is 0 Å². The Bertz CT molecular complexity index is 715. The van der Waals surface area contributed by atoms with Crippen molar-refractivity contribution >= 4 is 0 Å². The highest BCUT2D eigenvalue weighted by Gasteiger charge is 2.34. The Morgan fingerprint density at radius 3 is 1.93 bits per heavy atom. The van der Waals surface area contributed by atoms with Gasteiger partial charge in [0.15, 0.2) is 0 Å². The van der Waals surface area contributed by atoms with E-state index in [1.54, 1.807) is 0 Å². The van der Waals surface area contributed by atoms with Crippen molar-refractivity contribution in [2.24, 2.45) is 11.8 Å². The molecule has 1 aromatic carbocycles. The molecule has 1 aliphatic rings. The standard InChI is InChI=1S/C21H23F7O/c1-2-3-14-4-6-15(7-5-14)8-11-21(27,28)29-16-12-18(22)17(19(23)13-16)9-10-20(24,25)26/h12-15H,2-8,11H2,1H3. The van der Waals surface area contributed by atoms with E-state index in [1.807, 2.05) is 0 Å². The summed E-state index contributed by atoms with van der Waals surface area (Å²) in [6.45, 7) is 2.12. The number of ether oxygens (including phenoxy) is 1. The number of rotatable bonds is 7. The zero-order valence-electron chi connectivity index (χ0n) is 16.0. The molecule has 0 saturated heterocycles. The smallest absolute Gasteiger partial charge is 0.432 e. The highest BCUT2D eigenvalue weighted by Crippen LogP contribution is 2.36. The van der Waals surface area contributed by atoms with Crippen molar-refractivity contribution < 1.29 is 35.5 Å². The van der Waals surface area contributed by atoms with Gasteiger partial charge >= 0.3 is 12.3 Å². The van der Waals surface area contributed by atoms with E-state index < -0.39 is 41.7 Å².